The van der Waals surface area contributed by atoms with Crippen molar-refractivity contribution in [2.45, 2.75) is 45.3 Å². The van der Waals surface area contributed by atoms with Gasteiger partial charge in [-0.1, -0.05) is 127 Å². The van der Waals surface area contributed by atoms with Crippen LogP contribution in [-0.4, -0.2) is 204 Å². The Morgan fingerprint density at radius 1 is 0.366 bits per heavy atom. The molecule has 24 nitrogen and oxygen atoms in total. The lowest BCUT2D eigenvalue weighted by Crippen LogP contribution is -2.53. The number of aromatic nitrogens is 6. The summed E-state index contributed by atoms with van der Waals surface area (Å²) in [6, 6.07) is 57.7. The molecule has 24 heteroatoms. The summed E-state index contributed by atoms with van der Waals surface area (Å²) in [6.45, 7) is 0.924. The number of pyridine rings is 6. The zero-order valence-electron chi connectivity index (χ0n) is 56.8. The van der Waals surface area contributed by atoms with Crippen LogP contribution in [0.3, 0.4) is 0 Å². The molecule has 7 heterocycles. The Morgan fingerprint density at radius 3 is 1.05 bits per heavy atom. The fourth-order valence-electron chi connectivity index (χ4n) is 11.7. The van der Waals surface area contributed by atoms with E-state index in [1.807, 2.05) is 121 Å². The lowest BCUT2D eigenvalue weighted by molar-refractivity contribution is -0.150. The lowest BCUT2D eigenvalue weighted by atomic mass is 10.1. The van der Waals surface area contributed by atoms with Gasteiger partial charge in [0.15, 0.2) is 0 Å². The van der Waals surface area contributed by atoms with Crippen LogP contribution in [0.15, 0.2) is 219 Å². The van der Waals surface area contributed by atoms with Crippen LogP contribution >= 0.6 is 0 Å². The summed E-state index contributed by atoms with van der Waals surface area (Å²) < 4.78 is 18.7. The van der Waals surface area contributed by atoms with Gasteiger partial charge < -0.3 is 49.3 Å². The predicted octanol–water partition coefficient (Wildman–Crippen LogP) is 8.04. The number of hydrogen-bond acceptors (Lipinski definition) is 17. The number of nitrogens with zero attached hydrogens (tertiary/aromatic N) is 13. The first-order valence-electron chi connectivity index (χ1n) is 33.5. The van der Waals surface area contributed by atoms with E-state index in [1.54, 1.807) is 123 Å². The average Bonchev–Trinajstić information content (AvgIpc) is 0.842. The third-order valence-corrected chi connectivity index (χ3v) is 17.3. The van der Waals surface area contributed by atoms with E-state index in [2.05, 4.69) is 24.9 Å². The van der Waals surface area contributed by atoms with Gasteiger partial charge in [-0.2, -0.15) is 0 Å². The van der Waals surface area contributed by atoms with E-state index in [4.69, 9.17) is 24.9 Å². The number of nitrogens with two attached hydrogens (primary N) is 1. The van der Waals surface area contributed by atoms with Gasteiger partial charge in [0.05, 0.1) is 98.6 Å². The molecule has 0 saturated carbocycles. The smallest absolute Gasteiger partial charge is 0.243 e. The summed E-state index contributed by atoms with van der Waals surface area (Å²) in [5.41, 5.74) is 11.5. The molecule has 0 unspecified atom stereocenters. The minimum atomic E-state index is -0.811. The summed E-state index contributed by atoms with van der Waals surface area (Å²) in [5.74, 6) is -3.88. The highest BCUT2D eigenvalue weighted by Gasteiger charge is 2.35. The number of carbonyl (C=O) groups excluding carboxylic acids is 7. The first-order chi connectivity index (χ1) is 49.1. The molecule has 2 N–H and O–H groups in total. The van der Waals surface area contributed by atoms with Gasteiger partial charge in [0.1, 0.15) is 32.9 Å². The van der Waals surface area contributed by atoms with Crippen LogP contribution < -0.4 is 19.9 Å². The standard InChI is InChI=1S/C77H82N14O10/c1-56(59-23-7-4-8-24-59)85-41-22-42-86(49-68(78)92)73(94)51-87(43-46-99-69-35-19-32-65(82-69)62-29-13-16-38-79-62)74(95)54-90(57(2)60-25-9-5-10-26-60)77(98)53-89(45-48-101-71-37-21-34-67(84-71)64-31-15-18-40-81-64)75(96)55-91(58(3)61-27-11-6-12-28-61)76(97)52-88(72(93)50-85)44-47-100-70-36-20-33-66(83-70)63-30-14-17-39-80-63/h4-21,23-40,56-58H,22,41-55H2,1-3H3,(H2,78,92)/t56-,57-,58-/m0/s1. The first-order valence-corrected chi connectivity index (χ1v) is 33.5. The molecule has 10 rings (SSSR count). The van der Waals surface area contributed by atoms with E-state index in [0.29, 0.717) is 45.3 Å². The molecule has 3 aromatic carbocycles. The molecular formula is C77H82N14O10. The minimum Gasteiger partial charge on any atom is -0.476 e. The number of benzene rings is 3. The maximum atomic E-state index is 15.7. The van der Waals surface area contributed by atoms with Crippen LogP contribution in [0.5, 0.6) is 17.6 Å². The Balaban J connectivity index is 1.03. The Bertz CT molecular complexity index is 4190. The van der Waals surface area contributed by atoms with E-state index in [-0.39, 0.29) is 83.1 Å². The molecule has 0 spiro atoms. The summed E-state index contributed by atoms with van der Waals surface area (Å²) >= 11 is 0. The number of primary amides is 1. The Hall–Kier alpha value is -11.8. The zero-order chi connectivity index (χ0) is 70.9. The second-order valence-corrected chi connectivity index (χ2v) is 24.1. The highest BCUT2D eigenvalue weighted by Crippen LogP contribution is 2.27. The molecule has 6 aromatic heterocycles. The number of carbonyl (C=O) groups is 7. The van der Waals surface area contributed by atoms with Gasteiger partial charge in [0.2, 0.25) is 59.0 Å². The van der Waals surface area contributed by atoms with E-state index >= 15 is 24.0 Å². The Labute approximate surface area is 587 Å². The van der Waals surface area contributed by atoms with Crippen molar-refractivity contribution in [3.05, 3.63) is 235 Å². The third kappa shape index (κ3) is 20.6. The van der Waals surface area contributed by atoms with Crippen LogP contribution in [-0.2, 0) is 33.6 Å². The van der Waals surface area contributed by atoms with Gasteiger partial charge in [-0.05, 0) is 98.5 Å². The van der Waals surface area contributed by atoms with E-state index in [1.165, 1.54) is 29.4 Å². The van der Waals surface area contributed by atoms with Crippen molar-refractivity contribution >= 4 is 41.4 Å². The predicted molar refractivity (Wildman–Crippen MR) is 379 cm³/mol. The summed E-state index contributed by atoms with van der Waals surface area (Å²) in [6.07, 6.45) is 5.16. The van der Waals surface area contributed by atoms with Crippen LogP contribution in [0.4, 0.5) is 0 Å². The van der Waals surface area contributed by atoms with Crippen molar-refractivity contribution in [2.75, 3.05) is 98.4 Å². The van der Waals surface area contributed by atoms with Crippen LogP contribution in [0.2, 0.25) is 0 Å². The van der Waals surface area contributed by atoms with Gasteiger partial charge in [0.25, 0.3) is 0 Å². The van der Waals surface area contributed by atoms with Gasteiger partial charge in [0, 0.05) is 55.9 Å². The second kappa shape index (κ2) is 36.2. The second-order valence-electron chi connectivity index (χ2n) is 24.1. The molecule has 7 amide bonds. The molecule has 101 heavy (non-hydrogen) atoms. The molecule has 1 fully saturated rings. The first kappa shape index (κ1) is 72.0. The van der Waals surface area contributed by atoms with Crippen molar-refractivity contribution in [3.8, 4) is 51.8 Å². The van der Waals surface area contributed by atoms with E-state index in [9.17, 15) is 9.59 Å². The highest BCUT2D eigenvalue weighted by molar-refractivity contribution is 5.93. The van der Waals surface area contributed by atoms with Crippen LogP contribution in [0.25, 0.3) is 34.2 Å². The maximum Gasteiger partial charge on any atom is 0.243 e. The molecule has 1 aliphatic rings. The van der Waals surface area contributed by atoms with Crippen molar-refractivity contribution < 1.29 is 47.8 Å². The summed E-state index contributed by atoms with van der Waals surface area (Å²) in [4.78, 5) is 143. The fourth-order valence-corrected chi connectivity index (χ4v) is 11.7. The van der Waals surface area contributed by atoms with Gasteiger partial charge in [-0.15, -0.1) is 0 Å². The zero-order valence-corrected chi connectivity index (χ0v) is 56.8. The Morgan fingerprint density at radius 2 is 0.693 bits per heavy atom. The molecule has 3 atom stereocenters. The molecule has 0 radical (unpaired) electrons. The summed E-state index contributed by atoms with van der Waals surface area (Å²) in [7, 11) is 0. The number of hydrogen-bond donors (Lipinski definition) is 1. The topological polar surface area (TPSA) is 273 Å². The monoisotopic (exact) mass is 1360 g/mol. The quantitative estimate of drug-likeness (QED) is 0.0634. The maximum absolute atomic E-state index is 15.7. The molecule has 0 bridgehead atoms. The van der Waals surface area contributed by atoms with Crippen molar-refractivity contribution in [3.63, 3.8) is 0 Å². The van der Waals surface area contributed by atoms with Gasteiger partial charge >= 0.3 is 0 Å². The van der Waals surface area contributed by atoms with Crippen molar-refractivity contribution in [2.24, 2.45) is 5.73 Å². The number of amides is 7. The van der Waals surface area contributed by atoms with E-state index in [0.717, 1.165) is 5.56 Å². The summed E-state index contributed by atoms with van der Waals surface area (Å²) in [5, 5.41) is 0. The fraction of sp³-hybridized carbons (Fsp3) is 0.286. The number of rotatable bonds is 23. The van der Waals surface area contributed by atoms with Crippen molar-refractivity contribution in [1.29, 1.82) is 0 Å². The molecule has 520 valence electrons. The molecular weight excluding hydrogens is 1280 g/mol. The average molecular weight is 1360 g/mol. The van der Waals surface area contributed by atoms with Gasteiger partial charge in [-0.3, -0.25) is 53.4 Å². The highest BCUT2D eigenvalue weighted by atomic mass is 16.5. The molecule has 0 aliphatic carbocycles. The van der Waals surface area contributed by atoms with E-state index < -0.39 is 98.7 Å². The van der Waals surface area contributed by atoms with Gasteiger partial charge in [-0.25, -0.2) is 15.0 Å². The lowest BCUT2D eigenvalue weighted by Gasteiger charge is -2.36. The SMILES string of the molecule is C[C@@H](c1ccccc1)N1CCCN(CC(N)=O)C(=O)CN(CCOc2cccc(-c3ccccn3)n2)C(=O)CN([C@@H](C)c2ccccc2)C(=O)CN(CCOc2cccc(-c3ccccn3)n2)C(=O)CN([C@@H](C)c2ccccc2)C(=O)CN(CCOc2cccc(-c3ccccn3)n2)C(=O)C1. The number of ether oxygens (including phenoxy) is 3. The molecule has 1 saturated heterocycles. The molecule has 1 aliphatic heterocycles. The normalized spacial score (nSPS) is 15.5. The Kier molecular flexibility index (Phi) is 25.8. The van der Waals surface area contributed by atoms with Crippen LogP contribution in [0, 0.1) is 0 Å². The minimum absolute atomic E-state index is 0.0430. The third-order valence-electron chi connectivity index (χ3n) is 17.3. The largest absolute Gasteiger partial charge is 0.476 e. The van der Waals surface area contributed by atoms with Crippen LogP contribution in [0.1, 0.15) is 62.0 Å². The van der Waals surface area contributed by atoms with Crippen molar-refractivity contribution in [1.82, 2.24) is 64.2 Å². The molecule has 9 aromatic rings.